The minimum atomic E-state index is -3.72. The van der Waals surface area contributed by atoms with Crippen LogP contribution >= 0.6 is 23.1 Å². The Kier molecular flexibility index (Phi) is 8.15. The van der Waals surface area contributed by atoms with E-state index in [0.29, 0.717) is 23.8 Å². The predicted molar refractivity (Wildman–Crippen MR) is 154 cm³/mol. The number of amides is 1. The number of thiazole rings is 1. The van der Waals surface area contributed by atoms with Gasteiger partial charge in [0.2, 0.25) is 10.0 Å². The standard InChI is InChI=1S/C28H29N3O4S3/c1-30(18-20-7-4-3-5-8-20)38(33,34)24-13-10-21(11-14-24)27(32)31(19-22-9-6-16-35-22)28-29-25-15-12-23(36-2)17-26(25)37-28/h3-5,7-8,10-15,17,22H,6,9,16,18-19H2,1-2H3. The maximum Gasteiger partial charge on any atom is 0.260 e. The van der Waals surface area contributed by atoms with Gasteiger partial charge in [0.15, 0.2) is 5.13 Å². The van der Waals surface area contributed by atoms with Crippen LogP contribution in [0.25, 0.3) is 10.2 Å². The molecule has 0 spiro atoms. The maximum atomic E-state index is 13.7. The maximum absolute atomic E-state index is 13.7. The molecule has 1 amide bonds. The van der Waals surface area contributed by atoms with Crippen LogP contribution in [0.15, 0.2) is 82.6 Å². The Morgan fingerprint density at radius 2 is 1.87 bits per heavy atom. The number of sulfonamides is 1. The summed E-state index contributed by atoms with van der Waals surface area (Å²) in [4.78, 5) is 21.4. The number of hydrogen-bond acceptors (Lipinski definition) is 7. The third-order valence-corrected chi connectivity index (χ3v) is 10.1. The molecule has 1 fully saturated rings. The number of ether oxygens (including phenoxy) is 1. The topological polar surface area (TPSA) is 79.8 Å². The second-order valence-corrected chi connectivity index (χ2v) is 13.1. The number of carbonyl (C=O) groups is 1. The highest BCUT2D eigenvalue weighted by molar-refractivity contribution is 7.98. The van der Waals surface area contributed by atoms with Crippen molar-refractivity contribution in [1.82, 2.24) is 9.29 Å². The molecule has 1 unspecified atom stereocenters. The van der Waals surface area contributed by atoms with Crippen molar-refractivity contribution in [2.45, 2.75) is 35.3 Å². The second kappa shape index (κ2) is 11.5. The van der Waals surface area contributed by atoms with Gasteiger partial charge in [0, 0.05) is 30.7 Å². The predicted octanol–water partition coefficient (Wildman–Crippen LogP) is 5.66. The first-order valence-corrected chi connectivity index (χ1v) is 15.8. The van der Waals surface area contributed by atoms with Gasteiger partial charge in [-0.25, -0.2) is 13.4 Å². The van der Waals surface area contributed by atoms with E-state index >= 15 is 0 Å². The summed E-state index contributed by atoms with van der Waals surface area (Å²) in [5.74, 6) is -0.230. The van der Waals surface area contributed by atoms with Crippen LogP contribution in [-0.4, -0.2) is 56.2 Å². The smallest absolute Gasteiger partial charge is 0.260 e. The molecule has 1 aliphatic rings. The SMILES string of the molecule is CSc1ccc2nc(N(CC3CCCO3)C(=O)c3ccc(S(=O)(=O)N(C)Cc4ccccc4)cc3)sc2c1. The van der Waals surface area contributed by atoms with E-state index in [2.05, 4.69) is 6.07 Å². The number of anilines is 1. The molecule has 0 saturated carbocycles. The molecular formula is C28H29N3O4S3. The molecule has 38 heavy (non-hydrogen) atoms. The molecule has 7 nitrogen and oxygen atoms in total. The van der Waals surface area contributed by atoms with Gasteiger partial charge in [-0.1, -0.05) is 41.7 Å². The largest absolute Gasteiger partial charge is 0.376 e. The van der Waals surface area contributed by atoms with E-state index in [1.54, 1.807) is 35.8 Å². The third-order valence-electron chi connectivity index (χ3n) is 6.53. The highest BCUT2D eigenvalue weighted by Crippen LogP contribution is 2.33. The molecule has 1 aliphatic heterocycles. The van der Waals surface area contributed by atoms with Gasteiger partial charge in [-0.3, -0.25) is 9.69 Å². The Hall–Kier alpha value is -2.76. The van der Waals surface area contributed by atoms with E-state index in [0.717, 1.165) is 33.5 Å². The van der Waals surface area contributed by atoms with Crippen LogP contribution in [0.3, 0.4) is 0 Å². The third kappa shape index (κ3) is 5.79. The van der Waals surface area contributed by atoms with Crippen molar-refractivity contribution < 1.29 is 17.9 Å². The fraction of sp³-hybridized carbons (Fsp3) is 0.286. The van der Waals surface area contributed by atoms with Gasteiger partial charge in [-0.15, -0.1) is 11.8 Å². The van der Waals surface area contributed by atoms with Gasteiger partial charge in [-0.05, 0) is 67.1 Å². The first-order valence-electron chi connectivity index (χ1n) is 12.3. The summed E-state index contributed by atoms with van der Waals surface area (Å²) in [6.45, 7) is 1.34. The number of hydrogen-bond donors (Lipinski definition) is 0. The van der Waals surface area contributed by atoms with Gasteiger partial charge in [0.25, 0.3) is 5.91 Å². The van der Waals surface area contributed by atoms with Crippen LogP contribution in [0.1, 0.15) is 28.8 Å². The highest BCUT2D eigenvalue weighted by atomic mass is 32.2. The fourth-order valence-electron chi connectivity index (χ4n) is 4.41. The molecule has 3 aromatic carbocycles. The number of rotatable bonds is 9. The lowest BCUT2D eigenvalue weighted by molar-refractivity contribution is 0.0917. The van der Waals surface area contributed by atoms with E-state index in [4.69, 9.17) is 9.72 Å². The zero-order valence-electron chi connectivity index (χ0n) is 21.2. The Morgan fingerprint density at radius 3 is 2.55 bits per heavy atom. The fourth-order valence-corrected chi connectivity index (χ4v) is 7.09. The van der Waals surface area contributed by atoms with E-state index < -0.39 is 10.0 Å². The Balaban J connectivity index is 1.40. The van der Waals surface area contributed by atoms with Crippen LogP contribution in [0.4, 0.5) is 5.13 Å². The molecule has 1 atom stereocenters. The quantitative estimate of drug-likeness (QED) is 0.243. The zero-order valence-corrected chi connectivity index (χ0v) is 23.7. The Labute approximate surface area is 231 Å². The van der Waals surface area contributed by atoms with Crippen LogP contribution < -0.4 is 4.90 Å². The molecule has 4 aromatic rings. The van der Waals surface area contributed by atoms with Crippen molar-refractivity contribution in [3.05, 3.63) is 83.9 Å². The number of carbonyl (C=O) groups excluding carboxylic acids is 1. The summed E-state index contributed by atoms with van der Waals surface area (Å²) in [5.41, 5.74) is 2.14. The summed E-state index contributed by atoms with van der Waals surface area (Å²) in [6.07, 6.45) is 3.82. The van der Waals surface area contributed by atoms with Crippen molar-refractivity contribution >= 4 is 54.4 Å². The normalized spacial score (nSPS) is 15.8. The Bertz CT molecular complexity index is 1520. The lowest BCUT2D eigenvalue weighted by atomic mass is 10.2. The zero-order chi connectivity index (χ0) is 26.7. The molecule has 0 radical (unpaired) electrons. The molecule has 198 valence electrons. The van der Waals surface area contributed by atoms with E-state index in [1.807, 2.05) is 48.7 Å². The van der Waals surface area contributed by atoms with Crippen molar-refractivity contribution in [3.63, 3.8) is 0 Å². The van der Waals surface area contributed by atoms with Crippen LogP contribution in [0, 0.1) is 0 Å². The molecule has 2 heterocycles. The first kappa shape index (κ1) is 26.8. The molecule has 5 rings (SSSR count). The number of thioether (sulfide) groups is 1. The van der Waals surface area contributed by atoms with E-state index in [1.165, 1.54) is 27.8 Å². The molecule has 0 aliphatic carbocycles. The molecule has 0 bridgehead atoms. The van der Waals surface area contributed by atoms with Crippen molar-refractivity contribution in [2.75, 3.05) is 31.4 Å². The average Bonchev–Trinajstić information content (AvgIpc) is 3.61. The van der Waals surface area contributed by atoms with Gasteiger partial charge < -0.3 is 4.74 Å². The minimum absolute atomic E-state index is 0.0565. The molecule has 1 saturated heterocycles. The van der Waals surface area contributed by atoms with E-state index in [-0.39, 0.29) is 23.5 Å². The summed E-state index contributed by atoms with van der Waals surface area (Å²) in [5, 5.41) is 0.609. The van der Waals surface area contributed by atoms with E-state index in [9.17, 15) is 13.2 Å². The molecule has 1 aromatic heterocycles. The Morgan fingerprint density at radius 1 is 1.11 bits per heavy atom. The van der Waals surface area contributed by atoms with Crippen LogP contribution in [0.2, 0.25) is 0 Å². The molecular weight excluding hydrogens is 539 g/mol. The van der Waals surface area contributed by atoms with Crippen molar-refractivity contribution in [3.8, 4) is 0 Å². The van der Waals surface area contributed by atoms with Crippen molar-refractivity contribution in [1.29, 1.82) is 0 Å². The lowest BCUT2D eigenvalue weighted by Gasteiger charge is -2.23. The average molecular weight is 568 g/mol. The van der Waals surface area contributed by atoms with Gasteiger partial charge >= 0.3 is 0 Å². The lowest BCUT2D eigenvalue weighted by Crippen LogP contribution is -2.37. The summed E-state index contributed by atoms with van der Waals surface area (Å²) in [6, 6.07) is 21.7. The van der Waals surface area contributed by atoms with Crippen LogP contribution in [0.5, 0.6) is 0 Å². The van der Waals surface area contributed by atoms with Crippen LogP contribution in [-0.2, 0) is 21.3 Å². The summed E-state index contributed by atoms with van der Waals surface area (Å²) < 4.78 is 34.5. The number of nitrogens with zero attached hydrogens (tertiary/aromatic N) is 3. The molecule has 0 N–H and O–H groups in total. The monoisotopic (exact) mass is 567 g/mol. The number of fused-ring (bicyclic) bond motifs is 1. The highest BCUT2D eigenvalue weighted by Gasteiger charge is 2.28. The number of aromatic nitrogens is 1. The van der Waals surface area contributed by atoms with Gasteiger partial charge in [-0.2, -0.15) is 4.31 Å². The summed E-state index contributed by atoms with van der Waals surface area (Å²) >= 11 is 3.14. The minimum Gasteiger partial charge on any atom is -0.376 e. The summed E-state index contributed by atoms with van der Waals surface area (Å²) in [7, 11) is -2.16. The van der Waals surface area contributed by atoms with Gasteiger partial charge in [0.05, 0.1) is 27.8 Å². The second-order valence-electron chi connectivity index (χ2n) is 9.15. The van der Waals surface area contributed by atoms with Gasteiger partial charge in [0.1, 0.15) is 0 Å². The molecule has 10 heteroatoms. The number of benzene rings is 3. The van der Waals surface area contributed by atoms with Crippen molar-refractivity contribution in [2.24, 2.45) is 0 Å². The first-order chi connectivity index (χ1) is 18.3.